The van der Waals surface area contributed by atoms with E-state index in [1.807, 2.05) is 109 Å². The van der Waals surface area contributed by atoms with Gasteiger partial charge in [0.25, 0.3) is 0 Å². The maximum Gasteiger partial charge on any atom is 0.227 e. The van der Waals surface area contributed by atoms with Crippen LogP contribution in [0.15, 0.2) is 162 Å². The zero-order valence-electron chi connectivity index (χ0n) is 24.2. The molecular weight excluding hydrogens is 552 g/mol. The van der Waals surface area contributed by atoms with Crippen LogP contribution in [0.25, 0.3) is 79.0 Å². The van der Waals surface area contributed by atoms with E-state index < -0.39 is 0 Å². The molecule has 0 unspecified atom stereocenters. The van der Waals surface area contributed by atoms with Crippen molar-refractivity contribution in [1.82, 2.24) is 19.9 Å². The third-order valence-corrected chi connectivity index (χ3v) is 7.78. The second kappa shape index (κ2) is 11.5. The van der Waals surface area contributed by atoms with Crippen molar-refractivity contribution in [1.29, 1.82) is 0 Å². The molecule has 0 aliphatic carbocycles. The number of fused-ring (bicyclic) bond motifs is 1. The molecule has 0 aliphatic heterocycles. The minimum atomic E-state index is 0.558. The van der Waals surface area contributed by atoms with Gasteiger partial charge in [-0.2, -0.15) is 0 Å². The van der Waals surface area contributed by atoms with Gasteiger partial charge in [0.15, 0.2) is 23.1 Å². The van der Waals surface area contributed by atoms with E-state index in [4.69, 9.17) is 24.4 Å². The molecule has 0 radical (unpaired) electrons. The van der Waals surface area contributed by atoms with Crippen LogP contribution in [0.5, 0.6) is 0 Å². The van der Waals surface area contributed by atoms with E-state index in [9.17, 15) is 0 Å². The maximum atomic E-state index is 6.21. The fourth-order valence-electron chi connectivity index (χ4n) is 5.54. The predicted octanol–water partition coefficient (Wildman–Crippen LogP) is 10.0. The third-order valence-electron chi connectivity index (χ3n) is 7.78. The largest absolute Gasteiger partial charge is 0.436 e. The van der Waals surface area contributed by atoms with Gasteiger partial charge in [0.1, 0.15) is 5.52 Å². The molecule has 0 atom stereocenters. The maximum absolute atomic E-state index is 6.21. The van der Waals surface area contributed by atoms with Gasteiger partial charge in [0, 0.05) is 22.3 Å². The first kappa shape index (κ1) is 26.4. The van der Waals surface area contributed by atoms with Crippen LogP contribution in [-0.4, -0.2) is 19.9 Å². The van der Waals surface area contributed by atoms with Crippen molar-refractivity contribution in [2.24, 2.45) is 0 Å². The topological polar surface area (TPSA) is 64.7 Å². The first-order chi connectivity index (χ1) is 22.3. The molecule has 0 bridgehead atoms. The predicted molar refractivity (Wildman–Crippen MR) is 180 cm³/mol. The fraction of sp³-hybridized carbons (Fsp3) is 0. The Morgan fingerprint density at radius 1 is 0.333 bits per heavy atom. The van der Waals surface area contributed by atoms with Crippen molar-refractivity contribution in [2.45, 2.75) is 0 Å². The van der Waals surface area contributed by atoms with Crippen molar-refractivity contribution < 1.29 is 4.42 Å². The SMILES string of the molecule is c1ccc(-c2cccc(-c3nc(-c4ccc5nc(-c6ccccc6)oc5c4)nc(-c4ccccc4-c4ccccc4)n3)c2)cc1. The molecule has 0 amide bonds. The van der Waals surface area contributed by atoms with Crippen LogP contribution in [0.3, 0.4) is 0 Å². The van der Waals surface area contributed by atoms with Crippen molar-refractivity contribution in [3.05, 3.63) is 158 Å². The molecule has 8 aromatic rings. The van der Waals surface area contributed by atoms with Crippen molar-refractivity contribution in [3.8, 4) is 67.9 Å². The van der Waals surface area contributed by atoms with Crippen molar-refractivity contribution >= 4 is 11.1 Å². The summed E-state index contributed by atoms with van der Waals surface area (Å²) in [4.78, 5) is 19.9. The average Bonchev–Trinajstić information content (AvgIpc) is 3.56. The molecule has 0 saturated carbocycles. The lowest BCUT2D eigenvalue weighted by atomic mass is 9.99. The summed E-state index contributed by atoms with van der Waals surface area (Å²) in [7, 11) is 0. The van der Waals surface area contributed by atoms with Gasteiger partial charge in [-0.3, -0.25) is 0 Å². The van der Waals surface area contributed by atoms with E-state index in [0.29, 0.717) is 28.9 Å². The number of nitrogens with zero attached hydrogens (tertiary/aromatic N) is 4. The Morgan fingerprint density at radius 3 is 1.58 bits per heavy atom. The highest BCUT2D eigenvalue weighted by molar-refractivity contribution is 5.84. The van der Waals surface area contributed by atoms with Gasteiger partial charge in [-0.05, 0) is 58.7 Å². The van der Waals surface area contributed by atoms with E-state index in [-0.39, 0.29) is 0 Å². The molecule has 45 heavy (non-hydrogen) atoms. The van der Waals surface area contributed by atoms with E-state index in [2.05, 4.69) is 48.5 Å². The first-order valence-corrected chi connectivity index (χ1v) is 14.8. The van der Waals surface area contributed by atoms with Crippen LogP contribution in [0.4, 0.5) is 0 Å². The second-order valence-electron chi connectivity index (χ2n) is 10.7. The number of hydrogen-bond donors (Lipinski definition) is 0. The average molecular weight is 579 g/mol. The Morgan fingerprint density at radius 2 is 0.867 bits per heavy atom. The molecule has 0 aliphatic rings. The highest BCUT2D eigenvalue weighted by atomic mass is 16.3. The summed E-state index contributed by atoms with van der Waals surface area (Å²) >= 11 is 0. The zero-order valence-corrected chi connectivity index (χ0v) is 24.2. The lowest BCUT2D eigenvalue weighted by Crippen LogP contribution is -2.01. The molecule has 212 valence electrons. The number of rotatable bonds is 6. The molecule has 5 nitrogen and oxygen atoms in total. The quantitative estimate of drug-likeness (QED) is 0.196. The molecule has 6 aromatic carbocycles. The van der Waals surface area contributed by atoms with Gasteiger partial charge in [-0.1, -0.05) is 121 Å². The summed E-state index contributed by atoms with van der Waals surface area (Å²) in [5.74, 6) is 2.33. The molecule has 0 spiro atoms. The molecule has 2 aromatic heterocycles. The van der Waals surface area contributed by atoms with Crippen LogP contribution < -0.4 is 0 Å². The Kier molecular flexibility index (Phi) is 6.74. The molecule has 0 saturated heterocycles. The second-order valence-corrected chi connectivity index (χ2v) is 10.7. The molecule has 2 heterocycles. The monoisotopic (exact) mass is 578 g/mol. The van der Waals surface area contributed by atoms with E-state index in [0.717, 1.165) is 50.0 Å². The summed E-state index contributed by atoms with van der Waals surface area (Å²) < 4.78 is 6.21. The Hall–Kier alpha value is -6.20. The number of aromatic nitrogens is 4. The minimum absolute atomic E-state index is 0.558. The van der Waals surface area contributed by atoms with E-state index >= 15 is 0 Å². The van der Waals surface area contributed by atoms with Crippen LogP contribution in [-0.2, 0) is 0 Å². The standard InChI is InChI=1S/C40H26N4O/c1-4-13-27(14-5-1)30-19-12-20-31(25-30)37-42-38(32-23-24-35-36(26-32)45-40(41-35)29-17-8-3-9-18-29)44-39(43-37)34-22-11-10-21-33(34)28-15-6-2-7-16-28/h1-26H. The Balaban J connectivity index is 1.30. The molecular formula is C40H26N4O. The Labute approximate surface area is 260 Å². The van der Waals surface area contributed by atoms with Gasteiger partial charge in [-0.25, -0.2) is 19.9 Å². The molecule has 0 N–H and O–H groups in total. The van der Waals surface area contributed by atoms with Gasteiger partial charge in [-0.15, -0.1) is 0 Å². The summed E-state index contributed by atoms with van der Waals surface area (Å²) in [6, 6.07) is 53.0. The summed E-state index contributed by atoms with van der Waals surface area (Å²) in [6.07, 6.45) is 0. The highest BCUT2D eigenvalue weighted by Gasteiger charge is 2.17. The fourth-order valence-corrected chi connectivity index (χ4v) is 5.54. The smallest absolute Gasteiger partial charge is 0.227 e. The van der Waals surface area contributed by atoms with Gasteiger partial charge < -0.3 is 4.42 Å². The molecule has 0 fully saturated rings. The van der Waals surface area contributed by atoms with E-state index in [1.165, 1.54) is 0 Å². The lowest BCUT2D eigenvalue weighted by Gasteiger charge is -2.12. The number of oxazole rings is 1. The summed E-state index contributed by atoms with van der Waals surface area (Å²) in [6.45, 7) is 0. The van der Waals surface area contributed by atoms with Crippen LogP contribution in [0, 0.1) is 0 Å². The van der Waals surface area contributed by atoms with E-state index in [1.54, 1.807) is 0 Å². The van der Waals surface area contributed by atoms with Crippen LogP contribution in [0.1, 0.15) is 0 Å². The summed E-state index contributed by atoms with van der Waals surface area (Å²) in [5, 5.41) is 0. The zero-order chi connectivity index (χ0) is 30.0. The van der Waals surface area contributed by atoms with Gasteiger partial charge >= 0.3 is 0 Å². The minimum Gasteiger partial charge on any atom is -0.436 e. The number of hydrogen-bond acceptors (Lipinski definition) is 5. The number of benzene rings is 6. The lowest BCUT2D eigenvalue weighted by molar-refractivity contribution is 0.620. The van der Waals surface area contributed by atoms with Crippen LogP contribution in [0.2, 0.25) is 0 Å². The summed E-state index contributed by atoms with van der Waals surface area (Å²) in [5.41, 5.74) is 9.41. The van der Waals surface area contributed by atoms with Crippen molar-refractivity contribution in [3.63, 3.8) is 0 Å². The van der Waals surface area contributed by atoms with Crippen LogP contribution >= 0.6 is 0 Å². The third kappa shape index (κ3) is 5.28. The van der Waals surface area contributed by atoms with Gasteiger partial charge in [0.05, 0.1) is 0 Å². The molecule has 5 heteroatoms. The molecule has 8 rings (SSSR count). The van der Waals surface area contributed by atoms with Crippen molar-refractivity contribution in [2.75, 3.05) is 0 Å². The normalized spacial score (nSPS) is 11.1. The highest BCUT2D eigenvalue weighted by Crippen LogP contribution is 2.34. The van der Waals surface area contributed by atoms with Gasteiger partial charge in [0.2, 0.25) is 5.89 Å². The Bertz CT molecular complexity index is 2260. The first-order valence-electron chi connectivity index (χ1n) is 14.8.